The first kappa shape index (κ1) is 13.5. The van der Waals surface area contributed by atoms with Gasteiger partial charge in [0.05, 0.1) is 5.69 Å². The zero-order chi connectivity index (χ0) is 14.5. The molecule has 2 N–H and O–H groups in total. The van der Waals surface area contributed by atoms with Crippen LogP contribution in [0.4, 0.5) is 5.13 Å². The summed E-state index contributed by atoms with van der Waals surface area (Å²) in [4.78, 5) is 4.15. The van der Waals surface area contributed by atoms with Crippen LogP contribution in [0.2, 0.25) is 0 Å². The maximum atomic E-state index is 5.72. The Balaban J connectivity index is 1.59. The molecule has 0 fully saturated rings. The van der Waals surface area contributed by atoms with Crippen LogP contribution in [0.1, 0.15) is 5.69 Å². The first-order valence-corrected chi connectivity index (χ1v) is 7.33. The molecule has 106 valence electrons. The van der Waals surface area contributed by atoms with Crippen molar-refractivity contribution in [3.05, 3.63) is 65.7 Å². The normalized spacial score (nSPS) is 10.3. The van der Waals surface area contributed by atoms with Crippen LogP contribution in [0.5, 0.6) is 17.2 Å². The van der Waals surface area contributed by atoms with Crippen molar-refractivity contribution >= 4 is 16.5 Å². The molecule has 0 bridgehead atoms. The zero-order valence-electron chi connectivity index (χ0n) is 11.2. The van der Waals surface area contributed by atoms with E-state index in [9.17, 15) is 0 Å². The van der Waals surface area contributed by atoms with Crippen molar-refractivity contribution in [2.24, 2.45) is 0 Å². The number of anilines is 1. The van der Waals surface area contributed by atoms with Gasteiger partial charge in [-0.3, -0.25) is 0 Å². The third-order valence-electron chi connectivity index (χ3n) is 2.76. The molecule has 0 radical (unpaired) electrons. The van der Waals surface area contributed by atoms with Crippen molar-refractivity contribution in [3.63, 3.8) is 0 Å². The van der Waals surface area contributed by atoms with Crippen molar-refractivity contribution in [2.45, 2.75) is 6.61 Å². The Morgan fingerprint density at radius 3 is 2.24 bits per heavy atom. The van der Waals surface area contributed by atoms with Gasteiger partial charge in [-0.1, -0.05) is 18.2 Å². The third kappa shape index (κ3) is 3.73. The highest BCUT2D eigenvalue weighted by atomic mass is 32.1. The second kappa shape index (κ2) is 6.28. The fourth-order valence-corrected chi connectivity index (χ4v) is 2.32. The van der Waals surface area contributed by atoms with Crippen molar-refractivity contribution < 1.29 is 9.47 Å². The summed E-state index contributed by atoms with van der Waals surface area (Å²) in [6.07, 6.45) is 0. The zero-order valence-corrected chi connectivity index (χ0v) is 12.0. The molecule has 0 unspecified atom stereocenters. The van der Waals surface area contributed by atoms with Crippen LogP contribution in [-0.2, 0) is 6.61 Å². The monoisotopic (exact) mass is 298 g/mol. The van der Waals surface area contributed by atoms with Crippen LogP contribution >= 0.6 is 11.3 Å². The highest BCUT2D eigenvalue weighted by molar-refractivity contribution is 7.13. The van der Waals surface area contributed by atoms with Crippen LogP contribution in [0.25, 0.3) is 0 Å². The average Bonchev–Trinajstić information content (AvgIpc) is 2.93. The smallest absolute Gasteiger partial charge is 0.180 e. The van der Waals surface area contributed by atoms with E-state index in [1.54, 1.807) is 0 Å². The lowest BCUT2D eigenvalue weighted by atomic mass is 10.3. The molecule has 0 aliphatic heterocycles. The van der Waals surface area contributed by atoms with Gasteiger partial charge < -0.3 is 15.2 Å². The number of rotatable bonds is 5. The van der Waals surface area contributed by atoms with Gasteiger partial charge in [-0.25, -0.2) is 4.98 Å². The minimum Gasteiger partial charge on any atom is -0.487 e. The second-order valence-corrected chi connectivity index (χ2v) is 5.24. The molecule has 0 saturated carbocycles. The molecule has 1 aromatic heterocycles. The lowest BCUT2D eigenvalue weighted by Gasteiger charge is -2.07. The number of benzene rings is 2. The maximum Gasteiger partial charge on any atom is 0.180 e. The predicted octanol–water partition coefficient (Wildman–Crippen LogP) is 4.10. The summed E-state index contributed by atoms with van der Waals surface area (Å²) >= 11 is 1.41. The fraction of sp³-hybridized carbons (Fsp3) is 0.0625. The van der Waals surface area contributed by atoms with Gasteiger partial charge in [0.2, 0.25) is 0 Å². The number of ether oxygens (including phenoxy) is 2. The standard InChI is InChI=1S/C16H14N2O2S/c17-16-18-12(11-21-16)10-19-13-6-8-15(9-7-13)20-14-4-2-1-3-5-14/h1-9,11H,10H2,(H2,17,18). The van der Waals surface area contributed by atoms with Gasteiger partial charge in [-0.05, 0) is 36.4 Å². The van der Waals surface area contributed by atoms with E-state index in [4.69, 9.17) is 15.2 Å². The minimum absolute atomic E-state index is 0.409. The van der Waals surface area contributed by atoms with Gasteiger partial charge in [0.25, 0.3) is 0 Å². The van der Waals surface area contributed by atoms with E-state index in [-0.39, 0.29) is 0 Å². The molecule has 21 heavy (non-hydrogen) atoms. The van der Waals surface area contributed by atoms with E-state index in [2.05, 4.69) is 4.98 Å². The van der Waals surface area contributed by atoms with Gasteiger partial charge in [0.1, 0.15) is 23.9 Å². The molecule has 3 rings (SSSR count). The average molecular weight is 298 g/mol. The first-order valence-electron chi connectivity index (χ1n) is 6.45. The highest BCUT2D eigenvalue weighted by Gasteiger charge is 2.01. The molecule has 0 atom stereocenters. The Morgan fingerprint density at radius 2 is 1.57 bits per heavy atom. The molecule has 2 aromatic carbocycles. The number of nitrogens with two attached hydrogens (primary N) is 1. The molecule has 0 spiro atoms. The topological polar surface area (TPSA) is 57.4 Å². The van der Waals surface area contributed by atoms with Crippen molar-refractivity contribution in [1.82, 2.24) is 4.98 Å². The molecule has 4 nitrogen and oxygen atoms in total. The van der Waals surface area contributed by atoms with Crippen LogP contribution in [0.3, 0.4) is 0 Å². The summed E-state index contributed by atoms with van der Waals surface area (Å²) in [5.74, 6) is 2.34. The highest BCUT2D eigenvalue weighted by Crippen LogP contribution is 2.24. The minimum atomic E-state index is 0.409. The largest absolute Gasteiger partial charge is 0.487 e. The van der Waals surface area contributed by atoms with Gasteiger partial charge in [0, 0.05) is 5.38 Å². The number of hydrogen-bond acceptors (Lipinski definition) is 5. The van der Waals surface area contributed by atoms with Crippen molar-refractivity contribution in [3.8, 4) is 17.2 Å². The molecule has 3 aromatic rings. The van der Waals surface area contributed by atoms with Crippen LogP contribution in [-0.4, -0.2) is 4.98 Å². The molecule has 0 amide bonds. The number of thiazole rings is 1. The van der Waals surface area contributed by atoms with E-state index in [0.717, 1.165) is 22.9 Å². The van der Waals surface area contributed by atoms with Crippen molar-refractivity contribution in [1.29, 1.82) is 0 Å². The van der Waals surface area contributed by atoms with Gasteiger partial charge in [-0.15, -0.1) is 11.3 Å². The molecule has 0 saturated heterocycles. The number of nitrogens with zero attached hydrogens (tertiary/aromatic N) is 1. The summed E-state index contributed by atoms with van der Waals surface area (Å²) in [6.45, 7) is 0.409. The predicted molar refractivity (Wildman–Crippen MR) is 83.8 cm³/mol. The fourth-order valence-electron chi connectivity index (χ4n) is 1.77. The van der Waals surface area contributed by atoms with Crippen LogP contribution in [0, 0.1) is 0 Å². The van der Waals surface area contributed by atoms with E-state index >= 15 is 0 Å². The number of aromatic nitrogens is 1. The lowest BCUT2D eigenvalue weighted by molar-refractivity contribution is 0.302. The number of nitrogen functional groups attached to an aromatic ring is 1. The summed E-state index contributed by atoms with van der Waals surface area (Å²) in [5.41, 5.74) is 6.41. The summed E-state index contributed by atoms with van der Waals surface area (Å²) < 4.78 is 11.4. The van der Waals surface area contributed by atoms with E-state index in [1.807, 2.05) is 60.0 Å². The van der Waals surface area contributed by atoms with E-state index in [1.165, 1.54) is 11.3 Å². The van der Waals surface area contributed by atoms with E-state index < -0.39 is 0 Å². The third-order valence-corrected chi connectivity index (χ3v) is 3.48. The Morgan fingerprint density at radius 1 is 0.905 bits per heavy atom. The maximum absolute atomic E-state index is 5.72. The van der Waals surface area contributed by atoms with Crippen LogP contribution in [0.15, 0.2) is 60.0 Å². The van der Waals surface area contributed by atoms with Gasteiger partial charge in [-0.2, -0.15) is 0 Å². The summed E-state index contributed by atoms with van der Waals surface area (Å²) in [6, 6.07) is 17.1. The summed E-state index contributed by atoms with van der Waals surface area (Å²) in [7, 11) is 0. The number of para-hydroxylation sites is 1. The molecule has 5 heteroatoms. The molecular formula is C16H14N2O2S. The summed E-state index contributed by atoms with van der Waals surface area (Å²) in [5, 5.41) is 2.45. The van der Waals surface area contributed by atoms with E-state index in [0.29, 0.717) is 11.7 Å². The van der Waals surface area contributed by atoms with Crippen LogP contribution < -0.4 is 15.2 Å². The Kier molecular flexibility index (Phi) is 4.02. The van der Waals surface area contributed by atoms with Gasteiger partial charge >= 0.3 is 0 Å². The second-order valence-electron chi connectivity index (χ2n) is 4.35. The Bertz CT molecular complexity index is 696. The molecule has 1 heterocycles. The molecular weight excluding hydrogens is 284 g/mol. The van der Waals surface area contributed by atoms with Crippen molar-refractivity contribution in [2.75, 3.05) is 5.73 Å². The quantitative estimate of drug-likeness (QED) is 0.770. The first-order chi connectivity index (χ1) is 10.3. The SMILES string of the molecule is Nc1nc(COc2ccc(Oc3ccccc3)cc2)cs1. The molecule has 0 aliphatic carbocycles. The van der Waals surface area contributed by atoms with Gasteiger partial charge in [0.15, 0.2) is 5.13 Å². The lowest BCUT2D eigenvalue weighted by Crippen LogP contribution is -1.96. The number of hydrogen-bond donors (Lipinski definition) is 1. The Labute approximate surface area is 126 Å². The Hall–Kier alpha value is -2.53. The molecule has 0 aliphatic rings.